The number of phenolic OH excluding ortho intramolecular Hbond substituents is 1. The third kappa shape index (κ3) is 3.00. The fourth-order valence-corrected chi connectivity index (χ4v) is 3.76. The average Bonchev–Trinajstić information content (AvgIpc) is 2.66. The first kappa shape index (κ1) is 18.9. The van der Waals surface area contributed by atoms with Gasteiger partial charge in [-0.25, -0.2) is 9.59 Å². The molecule has 1 aromatic heterocycles. The van der Waals surface area contributed by atoms with Gasteiger partial charge in [-0.1, -0.05) is 23.7 Å². The van der Waals surface area contributed by atoms with Gasteiger partial charge in [0, 0.05) is 17.2 Å². The van der Waals surface area contributed by atoms with E-state index in [0.717, 1.165) is 0 Å². The Bertz CT molecular complexity index is 1240. The highest BCUT2D eigenvalue weighted by atomic mass is 35.5. The molecule has 0 amide bonds. The minimum Gasteiger partial charge on any atom is -0.507 e. The van der Waals surface area contributed by atoms with E-state index in [-0.39, 0.29) is 28.5 Å². The van der Waals surface area contributed by atoms with Crippen molar-refractivity contribution in [2.75, 3.05) is 7.11 Å². The predicted octanol–water partition coefficient (Wildman–Crippen LogP) is 3.33. The molecular formula is C21H16ClNO6. The molecule has 3 N–H and O–H groups in total. The number of carbonyl (C=O) groups excluding carboxylic acids is 1. The van der Waals surface area contributed by atoms with Crippen molar-refractivity contribution in [3.8, 4) is 11.5 Å². The van der Waals surface area contributed by atoms with Crippen molar-refractivity contribution < 1.29 is 23.8 Å². The molecule has 0 bridgehead atoms. The summed E-state index contributed by atoms with van der Waals surface area (Å²) >= 11 is 6.02. The largest absolute Gasteiger partial charge is 0.507 e. The Morgan fingerprint density at radius 3 is 2.59 bits per heavy atom. The summed E-state index contributed by atoms with van der Waals surface area (Å²) in [4.78, 5) is 24.7. The summed E-state index contributed by atoms with van der Waals surface area (Å²) in [5.74, 6) is -1.59. The molecule has 8 heteroatoms. The highest BCUT2D eigenvalue weighted by Gasteiger charge is 2.38. The number of hydrogen-bond donors (Lipinski definition) is 2. The molecule has 0 fully saturated rings. The molecule has 2 aromatic carbocycles. The summed E-state index contributed by atoms with van der Waals surface area (Å²) in [7, 11) is 1.23. The molecule has 1 atom stereocenters. The summed E-state index contributed by atoms with van der Waals surface area (Å²) in [5.41, 5.74) is 7.16. The van der Waals surface area contributed by atoms with Crippen LogP contribution in [0.5, 0.6) is 11.5 Å². The number of aromatic hydroxyl groups is 1. The zero-order chi connectivity index (χ0) is 20.9. The number of ether oxygens (including phenoxy) is 2. The lowest BCUT2D eigenvalue weighted by molar-refractivity contribution is -0.136. The Kier molecular flexibility index (Phi) is 4.47. The Labute approximate surface area is 169 Å². The van der Waals surface area contributed by atoms with E-state index in [4.69, 9.17) is 31.2 Å². The van der Waals surface area contributed by atoms with E-state index in [1.54, 1.807) is 31.2 Å². The quantitative estimate of drug-likeness (QED) is 0.489. The van der Waals surface area contributed by atoms with E-state index in [1.807, 2.05) is 0 Å². The number of methoxy groups -OCH3 is 1. The predicted molar refractivity (Wildman–Crippen MR) is 106 cm³/mol. The van der Waals surface area contributed by atoms with E-state index in [1.165, 1.54) is 19.2 Å². The molecular weight excluding hydrogens is 398 g/mol. The SMILES string of the molecule is COC(=O)C1=C(N)Oc2cc(O)c3c(C)cc(=O)oc3c2C1c1ccc(Cl)cc1. The standard InChI is InChI=1S/C21H16ClNO6/c1-9-7-14(25)29-19-15(9)12(24)8-13-17(19)16(10-3-5-11(22)6-4-10)18(20(23)28-13)21(26)27-2/h3-8,16,24H,23H2,1-2H3. The van der Waals surface area contributed by atoms with Crippen molar-refractivity contribution in [1.82, 2.24) is 0 Å². The lowest BCUT2D eigenvalue weighted by Crippen LogP contribution is -2.27. The summed E-state index contributed by atoms with van der Waals surface area (Å²) in [5, 5.41) is 11.3. The molecule has 0 aliphatic carbocycles. The Morgan fingerprint density at radius 2 is 1.93 bits per heavy atom. The molecule has 1 aliphatic heterocycles. The summed E-state index contributed by atoms with van der Waals surface area (Å²) < 4.78 is 16.0. The number of esters is 1. The van der Waals surface area contributed by atoms with E-state index in [2.05, 4.69) is 0 Å². The summed E-state index contributed by atoms with van der Waals surface area (Å²) in [6.07, 6.45) is 0. The van der Waals surface area contributed by atoms with Crippen LogP contribution in [0.4, 0.5) is 0 Å². The van der Waals surface area contributed by atoms with Gasteiger partial charge in [0.25, 0.3) is 0 Å². The topological polar surface area (TPSA) is 112 Å². The van der Waals surface area contributed by atoms with Crippen LogP contribution in [0, 0.1) is 6.92 Å². The minimum absolute atomic E-state index is 0.0541. The first-order valence-electron chi connectivity index (χ1n) is 8.63. The number of nitrogens with two attached hydrogens (primary N) is 1. The van der Waals surface area contributed by atoms with Gasteiger partial charge >= 0.3 is 11.6 Å². The van der Waals surface area contributed by atoms with Gasteiger partial charge in [0.05, 0.1) is 24.0 Å². The van der Waals surface area contributed by atoms with Crippen molar-refractivity contribution in [2.24, 2.45) is 5.73 Å². The summed E-state index contributed by atoms with van der Waals surface area (Å²) in [6.45, 7) is 1.68. The van der Waals surface area contributed by atoms with Gasteiger partial charge in [-0.3, -0.25) is 0 Å². The van der Waals surface area contributed by atoms with Gasteiger partial charge in [0.15, 0.2) is 0 Å². The highest BCUT2D eigenvalue weighted by Crippen LogP contribution is 2.48. The number of phenols is 1. The number of fused-ring (bicyclic) bond motifs is 3. The molecule has 0 radical (unpaired) electrons. The van der Waals surface area contributed by atoms with Gasteiger partial charge in [-0.15, -0.1) is 0 Å². The van der Waals surface area contributed by atoms with Crippen molar-refractivity contribution in [2.45, 2.75) is 12.8 Å². The van der Waals surface area contributed by atoms with E-state index in [9.17, 15) is 14.7 Å². The smallest absolute Gasteiger partial charge is 0.340 e. The van der Waals surface area contributed by atoms with Crippen molar-refractivity contribution in [3.05, 3.63) is 80.0 Å². The van der Waals surface area contributed by atoms with Crippen LogP contribution in [0.1, 0.15) is 22.6 Å². The van der Waals surface area contributed by atoms with Crippen LogP contribution in [0.25, 0.3) is 11.0 Å². The van der Waals surface area contributed by atoms with Gasteiger partial charge in [-0.05, 0) is 30.2 Å². The maximum Gasteiger partial charge on any atom is 0.340 e. The van der Waals surface area contributed by atoms with E-state index < -0.39 is 17.5 Å². The number of carbonyl (C=O) groups is 1. The van der Waals surface area contributed by atoms with E-state index in [0.29, 0.717) is 27.1 Å². The Morgan fingerprint density at radius 1 is 1.24 bits per heavy atom. The molecule has 0 spiro atoms. The normalized spacial score (nSPS) is 15.8. The van der Waals surface area contributed by atoms with Crippen LogP contribution in [0.3, 0.4) is 0 Å². The lowest BCUT2D eigenvalue weighted by atomic mass is 9.81. The number of benzene rings is 2. The van der Waals surface area contributed by atoms with E-state index >= 15 is 0 Å². The van der Waals surface area contributed by atoms with Crippen molar-refractivity contribution >= 4 is 28.5 Å². The van der Waals surface area contributed by atoms with Crippen molar-refractivity contribution in [1.29, 1.82) is 0 Å². The molecule has 0 saturated heterocycles. The molecule has 7 nitrogen and oxygen atoms in total. The number of aryl methyl sites for hydroxylation is 1. The Balaban J connectivity index is 2.13. The fourth-order valence-electron chi connectivity index (χ4n) is 3.64. The zero-order valence-corrected chi connectivity index (χ0v) is 16.2. The maximum atomic E-state index is 12.6. The van der Waals surface area contributed by atoms with Gasteiger partial charge < -0.3 is 24.7 Å². The van der Waals surface area contributed by atoms with Gasteiger partial charge in [-0.2, -0.15) is 0 Å². The van der Waals surface area contributed by atoms with Crippen LogP contribution in [0.2, 0.25) is 5.02 Å². The minimum atomic E-state index is -0.767. The second-order valence-electron chi connectivity index (χ2n) is 6.62. The molecule has 1 unspecified atom stereocenters. The van der Waals surface area contributed by atoms with Gasteiger partial charge in [0.2, 0.25) is 5.88 Å². The third-order valence-corrected chi connectivity index (χ3v) is 5.12. The van der Waals surface area contributed by atoms with Crippen molar-refractivity contribution in [3.63, 3.8) is 0 Å². The molecule has 29 heavy (non-hydrogen) atoms. The molecule has 2 heterocycles. The fraction of sp³-hybridized carbons (Fsp3) is 0.143. The highest BCUT2D eigenvalue weighted by molar-refractivity contribution is 6.30. The number of halogens is 1. The lowest BCUT2D eigenvalue weighted by Gasteiger charge is -2.29. The molecule has 0 saturated carbocycles. The van der Waals surface area contributed by atoms with Crippen LogP contribution < -0.4 is 16.1 Å². The number of hydrogen-bond acceptors (Lipinski definition) is 7. The zero-order valence-electron chi connectivity index (χ0n) is 15.5. The monoisotopic (exact) mass is 413 g/mol. The summed E-state index contributed by atoms with van der Waals surface area (Å²) in [6, 6.07) is 9.45. The molecule has 148 valence electrons. The third-order valence-electron chi connectivity index (χ3n) is 4.86. The first-order chi connectivity index (χ1) is 13.8. The average molecular weight is 414 g/mol. The van der Waals surface area contributed by atoms with Crippen LogP contribution >= 0.6 is 11.6 Å². The van der Waals surface area contributed by atoms with Gasteiger partial charge in [0.1, 0.15) is 22.7 Å². The van der Waals surface area contributed by atoms with Crippen LogP contribution in [0.15, 0.2) is 57.1 Å². The van der Waals surface area contributed by atoms with Crippen LogP contribution in [-0.4, -0.2) is 18.2 Å². The van der Waals surface area contributed by atoms with Crippen LogP contribution in [-0.2, 0) is 9.53 Å². The maximum absolute atomic E-state index is 12.6. The second-order valence-corrected chi connectivity index (χ2v) is 7.05. The first-order valence-corrected chi connectivity index (χ1v) is 9.01. The second kappa shape index (κ2) is 6.86. The number of rotatable bonds is 2. The molecule has 1 aliphatic rings. The Hall–Kier alpha value is -3.45. The molecule has 4 rings (SSSR count). The molecule has 3 aromatic rings.